The molecular weight excluding hydrogens is 309 g/mol. The van der Waals surface area contributed by atoms with Gasteiger partial charge in [0.2, 0.25) is 0 Å². The molecule has 0 saturated carbocycles. The molecule has 0 aliphatic carbocycles. The first kappa shape index (κ1) is 15.5. The fourth-order valence-electron chi connectivity index (χ4n) is 1.41. The summed E-state index contributed by atoms with van der Waals surface area (Å²) in [5.41, 5.74) is 0.298. The van der Waals surface area contributed by atoms with Gasteiger partial charge in [-0.25, -0.2) is 14.6 Å². The number of nitrogens with one attached hydrogen (secondary N) is 1. The van der Waals surface area contributed by atoms with Crippen LogP contribution in [-0.4, -0.2) is 35.6 Å². The molecule has 10 heteroatoms. The second-order valence-corrected chi connectivity index (χ2v) is 3.99. The Balaban J connectivity index is 2.03. The molecule has 1 aliphatic heterocycles. The minimum Gasteiger partial charge on any atom is -0.480 e. The predicted octanol–water partition coefficient (Wildman–Crippen LogP) is 1.06. The third-order valence-corrected chi connectivity index (χ3v) is 2.33. The number of anilines is 1. The third-order valence-electron chi connectivity index (χ3n) is 2.33. The molecule has 0 aromatic carbocycles. The smallest absolute Gasteiger partial charge is 0.480 e. The van der Waals surface area contributed by atoms with Crippen LogP contribution in [-0.2, 0) is 19.1 Å². The largest absolute Gasteiger partial charge is 0.491 e. The summed E-state index contributed by atoms with van der Waals surface area (Å²) in [6, 6.07) is 1.40. The van der Waals surface area contributed by atoms with Gasteiger partial charge in [0.05, 0.1) is 0 Å². The zero-order valence-corrected chi connectivity index (χ0v) is 10.6. The molecule has 116 valence electrons. The number of nitrogens with zero attached hydrogens (tertiary/aromatic N) is 1. The molecule has 2 heterocycles. The molecule has 0 fully saturated rings. The molecule has 1 aromatic heterocycles. The van der Waals surface area contributed by atoms with Crippen molar-refractivity contribution in [1.82, 2.24) is 4.98 Å². The Kier molecular flexibility index (Phi) is 4.11. The highest BCUT2D eigenvalue weighted by Gasteiger charge is 2.42. The number of amides is 1. The van der Waals surface area contributed by atoms with Crippen molar-refractivity contribution in [3.05, 3.63) is 23.9 Å². The molecule has 22 heavy (non-hydrogen) atoms. The number of carbonyl (C=O) groups excluding carboxylic acids is 3. The Morgan fingerprint density at radius 1 is 1.41 bits per heavy atom. The van der Waals surface area contributed by atoms with Crippen LogP contribution in [0.3, 0.4) is 0 Å². The maximum Gasteiger partial charge on any atom is 0.491 e. The van der Waals surface area contributed by atoms with E-state index < -0.39 is 18.1 Å². The van der Waals surface area contributed by atoms with Gasteiger partial charge < -0.3 is 14.8 Å². The van der Waals surface area contributed by atoms with Crippen LogP contribution in [0.15, 0.2) is 18.3 Å². The molecule has 0 atom stereocenters. The predicted molar refractivity (Wildman–Crippen MR) is 64.5 cm³/mol. The summed E-state index contributed by atoms with van der Waals surface area (Å²) in [6.45, 7) is -0.204. The number of halogens is 3. The summed E-state index contributed by atoms with van der Waals surface area (Å²) in [4.78, 5) is 36.4. The van der Waals surface area contributed by atoms with Gasteiger partial charge in [0, 0.05) is 12.3 Å². The van der Waals surface area contributed by atoms with E-state index in [-0.39, 0.29) is 24.1 Å². The van der Waals surface area contributed by atoms with Crippen molar-refractivity contribution in [2.75, 3.05) is 11.9 Å². The van der Waals surface area contributed by atoms with Gasteiger partial charge in [-0.3, -0.25) is 4.79 Å². The lowest BCUT2D eigenvalue weighted by atomic mass is 10.2. The summed E-state index contributed by atoms with van der Waals surface area (Å²) in [6.07, 6.45) is -2.29. The van der Waals surface area contributed by atoms with E-state index in [4.69, 9.17) is 4.74 Å². The maximum atomic E-state index is 11.9. The van der Waals surface area contributed by atoms with Gasteiger partial charge in [0.15, 0.2) is 18.2 Å². The molecule has 1 amide bonds. The number of fused-ring (bicyclic) bond motifs is 1. The third kappa shape index (κ3) is 3.81. The van der Waals surface area contributed by atoms with E-state index in [0.717, 1.165) is 6.08 Å². The Bertz CT molecular complexity index is 669. The molecule has 0 radical (unpaired) electrons. The molecule has 0 unspecified atom stereocenters. The normalized spacial score (nSPS) is 14.0. The molecule has 0 bridgehead atoms. The Hall–Kier alpha value is -2.91. The zero-order valence-electron chi connectivity index (χ0n) is 10.6. The topological polar surface area (TPSA) is 94.6 Å². The van der Waals surface area contributed by atoms with E-state index >= 15 is 0 Å². The first-order valence-corrected chi connectivity index (χ1v) is 5.69. The number of esters is 2. The van der Waals surface area contributed by atoms with E-state index in [9.17, 15) is 27.6 Å². The Morgan fingerprint density at radius 3 is 2.82 bits per heavy atom. The van der Waals surface area contributed by atoms with Gasteiger partial charge in [-0.05, 0) is 17.7 Å². The highest BCUT2D eigenvalue weighted by atomic mass is 19.4. The Labute approximate surface area is 120 Å². The van der Waals surface area contributed by atoms with Crippen LogP contribution in [0.2, 0.25) is 0 Å². The number of hydrogen-bond donors (Lipinski definition) is 1. The lowest BCUT2D eigenvalue weighted by Gasteiger charge is -2.16. The quantitative estimate of drug-likeness (QED) is 0.498. The highest BCUT2D eigenvalue weighted by molar-refractivity contribution is 5.97. The van der Waals surface area contributed by atoms with Gasteiger partial charge in [-0.1, -0.05) is 0 Å². The van der Waals surface area contributed by atoms with E-state index in [0.29, 0.717) is 11.6 Å². The summed E-state index contributed by atoms with van der Waals surface area (Å²) in [5.74, 6) is -4.03. The lowest BCUT2D eigenvalue weighted by molar-refractivity contribution is -0.200. The van der Waals surface area contributed by atoms with Crippen LogP contribution < -0.4 is 10.1 Å². The van der Waals surface area contributed by atoms with Gasteiger partial charge >= 0.3 is 18.1 Å². The van der Waals surface area contributed by atoms with Crippen molar-refractivity contribution in [2.45, 2.75) is 6.18 Å². The van der Waals surface area contributed by atoms with E-state index in [1.165, 1.54) is 12.3 Å². The molecule has 2 rings (SSSR count). The van der Waals surface area contributed by atoms with Crippen LogP contribution in [0.25, 0.3) is 6.08 Å². The fraction of sp³-hybridized carbons (Fsp3) is 0.167. The van der Waals surface area contributed by atoms with Crippen LogP contribution in [0.5, 0.6) is 5.75 Å². The SMILES string of the molecule is O=C1COc2cc(/C=C/C(=O)OC(=O)C(F)(F)F)cnc2N1. The first-order chi connectivity index (χ1) is 10.3. The lowest BCUT2D eigenvalue weighted by Crippen LogP contribution is -2.27. The van der Waals surface area contributed by atoms with Crippen molar-refractivity contribution in [3.63, 3.8) is 0 Å². The second kappa shape index (κ2) is 5.84. The van der Waals surface area contributed by atoms with Crippen molar-refractivity contribution in [2.24, 2.45) is 0 Å². The standard InChI is InChI=1S/C12H7F3N2O5/c13-12(14,15)11(20)22-9(19)2-1-6-3-7-10(16-4-6)17-8(18)5-21-7/h1-4H,5H2,(H,16,17,18)/b2-1+. The van der Waals surface area contributed by atoms with Gasteiger partial charge in [-0.15, -0.1) is 0 Å². The number of aromatic nitrogens is 1. The first-order valence-electron chi connectivity index (χ1n) is 5.69. The zero-order chi connectivity index (χ0) is 16.3. The van der Waals surface area contributed by atoms with Crippen molar-refractivity contribution in [1.29, 1.82) is 0 Å². The molecule has 0 spiro atoms. The number of pyridine rings is 1. The number of hydrogen-bond acceptors (Lipinski definition) is 6. The minimum atomic E-state index is -5.25. The number of alkyl halides is 3. The molecule has 1 N–H and O–H groups in total. The minimum absolute atomic E-state index is 0.184. The average Bonchev–Trinajstić information content (AvgIpc) is 2.44. The average molecular weight is 316 g/mol. The van der Waals surface area contributed by atoms with Crippen LogP contribution in [0.4, 0.5) is 19.0 Å². The summed E-state index contributed by atoms with van der Waals surface area (Å²) >= 11 is 0. The molecule has 7 nitrogen and oxygen atoms in total. The summed E-state index contributed by atoms with van der Waals surface area (Å²) in [7, 11) is 0. The summed E-state index contributed by atoms with van der Waals surface area (Å²) in [5, 5.41) is 2.43. The monoisotopic (exact) mass is 316 g/mol. The summed E-state index contributed by atoms with van der Waals surface area (Å²) < 4.78 is 44.3. The number of rotatable bonds is 2. The van der Waals surface area contributed by atoms with E-state index in [1.807, 2.05) is 0 Å². The number of carbonyl (C=O) groups is 3. The molecule has 1 aromatic rings. The van der Waals surface area contributed by atoms with Crippen molar-refractivity contribution >= 4 is 29.7 Å². The maximum absolute atomic E-state index is 11.9. The van der Waals surface area contributed by atoms with Gasteiger partial charge in [0.1, 0.15) is 0 Å². The highest BCUT2D eigenvalue weighted by Crippen LogP contribution is 2.26. The fourth-order valence-corrected chi connectivity index (χ4v) is 1.41. The van der Waals surface area contributed by atoms with E-state index in [2.05, 4.69) is 15.0 Å². The second-order valence-electron chi connectivity index (χ2n) is 3.99. The molecular formula is C12H7F3N2O5. The molecule has 0 saturated heterocycles. The molecule has 1 aliphatic rings. The van der Waals surface area contributed by atoms with Crippen LogP contribution in [0.1, 0.15) is 5.56 Å². The van der Waals surface area contributed by atoms with Crippen molar-refractivity contribution in [3.8, 4) is 5.75 Å². The van der Waals surface area contributed by atoms with Crippen LogP contribution in [0, 0.1) is 0 Å². The van der Waals surface area contributed by atoms with Gasteiger partial charge in [-0.2, -0.15) is 13.2 Å². The van der Waals surface area contributed by atoms with Crippen molar-refractivity contribution < 1.29 is 37.0 Å². The van der Waals surface area contributed by atoms with Crippen LogP contribution >= 0.6 is 0 Å². The van der Waals surface area contributed by atoms with Gasteiger partial charge in [0.25, 0.3) is 5.91 Å². The van der Waals surface area contributed by atoms with E-state index in [1.54, 1.807) is 0 Å². The number of ether oxygens (including phenoxy) is 2. The Morgan fingerprint density at radius 2 is 2.14 bits per heavy atom.